The number of rotatable bonds is 5. The maximum absolute atomic E-state index is 12.5. The summed E-state index contributed by atoms with van der Waals surface area (Å²) in [5.74, 6) is 1.28. The monoisotopic (exact) mass is 358 g/mol. The smallest absolute Gasteiger partial charge is 0.346 e. The minimum Gasteiger partial charge on any atom is -0.496 e. The standard InChI is InChI=1S/C19H26N4O3/c1-13-8-9-16(26-3)15(11-13)14(2)20-18(24)12-23-19(25)22-10-6-4-5-7-17(22)21-23/h8-9,11,14H,4-7,10,12H2,1-3H3,(H,20,24). The summed E-state index contributed by atoms with van der Waals surface area (Å²) in [6, 6.07) is 5.63. The minimum absolute atomic E-state index is 0.0721. The maximum atomic E-state index is 12.5. The Kier molecular flexibility index (Phi) is 5.44. The molecule has 2 aromatic rings. The zero-order valence-corrected chi connectivity index (χ0v) is 15.6. The molecule has 1 aliphatic heterocycles. The van der Waals surface area contributed by atoms with Crippen molar-refractivity contribution in [3.63, 3.8) is 0 Å². The Morgan fingerprint density at radius 3 is 2.92 bits per heavy atom. The number of amides is 1. The predicted octanol–water partition coefficient (Wildman–Crippen LogP) is 1.97. The summed E-state index contributed by atoms with van der Waals surface area (Å²) in [5, 5.41) is 7.30. The summed E-state index contributed by atoms with van der Waals surface area (Å²) in [5.41, 5.74) is 1.81. The molecule has 0 radical (unpaired) electrons. The first-order chi connectivity index (χ1) is 12.5. The van der Waals surface area contributed by atoms with Gasteiger partial charge in [-0.15, -0.1) is 0 Å². The van der Waals surface area contributed by atoms with E-state index in [-0.39, 0.29) is 24.2 Å². The van der Waals surface area contributed by atoms with Gasteiger partial charge in [-0.25, -0.2) is 9.48 Å². The third-order valence-corrected chi connectivity index (χ3v) is 4.80. The van der Waals surface area contributed by atoms with E-state index in [0.717, 1.165) is 48.4 Å². The number of aromatic nitrogens is 3. The van der Waals surface area contributed by atoms with Gasteiger partial charge in [0.2, 0.25) is 5.91 Å². The van der Waals surface area contributed by atoms with Crippen molar-refractivity contribution >= 4 is 5.91 Å². The zero-order chi connectivity index (χ0) is 18.7. The Hall–Kier alpha value is -2.57. The minimum atomic E-state index is -0.239. The zero-order valence-electron chi connectivity index (χ0n) is 15.6. The van der Waals surface area contributed by atoms with Gasteiger partial charge in [0.1, 0.15) is 18.1 Å². The van der Waals surface area contributed by atoms with Crippen LogP contribution < -0.4 is 15.7 Å². The normalized spacial score (nSPS) is 15.0. The van der Waals surface area contributed by atoms with Gasteiger partial charge in [-0.2, -0.15) is 5.10 Å². The number of ether oxygens (including phenoxy) is 1. The van der Waals surface area contributed by atoms with Crippen LogP contribution in [0.25, 0.3) is 0 Å². The fraction of sp³-hybridized carbons (Fsp3) is 0.526. The average molecular weight is 358 g/mol. The van der Waals surface area contributed by atoms with Crippen LogP contribution >= 0.6 is 0 Å². The molecular formula is C19H26N4O3. The molecule has 1 unspecified atom stereocenters. The second-order valence-electron chi connectivity index (χ2n) is 6.85. The molecule has 0 saturated carbocycles. The molecule has 1 aliphatic rings. The Morgan fingerprint density at radius 2 is 2.15 bits per heavy atom. The highest BCUT2D eigenvalue weighted by Crippen LogP contribution is 2.26. The van der Waals surface area contributed by atoms with Gasteiger partial charge in [0.05, 0.1) is 13.2 Å². The highest BCUT2D eigenvalue weighted by atomic mass is 16.5. The third-order valence-electron chi connectivity index (χ3n) is 4.80. The Balaban J connectivity index is 1.72. The SMILES string of the molecule is COc1ccc(C)cc1C(C)NC(=O)Cn1nc2n(c1=O)CCCCC2. The molecule has 26 heavy (non-hydrogen) atoms. The molecule has 0 bridgehead atoms. The molecule has 1 atom stereocenters. The number of aryl methyl sites for hydroxylation is 2. The molecule has 3 rings (SSSR count). The first-order valence-corrected chi connectivity index (χ1v) is 9.10. The second-order valence-corrected chi connectivity index (χ2v) is 6.85. The number of nitrogens with one attached hydrogen (secondary N) is 1. The molecule has 7 nitrogen and oxygen atoms in total. The largest absolute Gasteiger partial charge is 0.496 e. The Morgan fingerprint density at radius 1 is 1.35 bits per heavy atom. The van der Waals surface area contributed by atoms with Gasteiger partial charge < -0.3 is 10.1 Å². The fourth-order valence-corrected chi connectivity index (χ4v) is 3.42. The van der Waals surface area contributed by atoms with Crippen LogP contribution in [0.15, 0.2) is 23.0 Å². The molecule has 1 N–H and O–H groups in total. The van der Waals surface area contributed by atoms with Gasteiger partial charge in [-0.1, -0.05) is 24.1 Å². The average Bonchev–Trinajstić information content (AvgIpc) is 2.78. The molecule has 140 valence electrons. The summed E-state index contributed by atoms with van der Waals surface area (Å²) in [4.78, 5) is 24.9. The van der Waals surface area contributed by atoms with E-state index in [1.807, 2.05) is 32.0 Å². The van der Waals surface area contributed by atoms with Gasteiger partial charge in [0.25, 0.3) is 0 Å². The van der Waals surface area contributed by atoms with Gasteiger partial charge in [-0.3, -0.25) is 9.36 Å². The van der Waals surface area contributed by atoms with Crippen LogP contribution in [0.1, 0.15) is 49.2 Å². The quantitative estimate of drug-likeness (QED) is 0.886. The van der Waals surface area contributed by atoms with Gasteiger partial charge in [0, 0.05) is 18.5 Å². The Bertz CT molecular complexity index is 853. The van der Waals surface area contributed by atoms with Crippen molar-refractivity contribution in [1.29, 1.82) is 0 Å². The second kappa shape index (κ2) is 7.76. The summed E-state index contributed by atoms with van der Waals surface area (Å²) in [7, 11) is 1.61. The number of fused-ring (bicyclic) bond motifs is 1. The molecule has 0 aliphatic carbocycles. The molecule has 0 saturated heterocycles. The molecule has 1 aromatic heterocycles. The molecule has 0 fully saturated rings. The first kappa shape index (κ1) is 18.2. The van der Waals surface area contributed by atoms with Crippen molar-refractivity contribution in [2.75, 3.05) is 7.11 Å². The van der Waals surface area contributed by atoms with E-state index in [1.165, 1.54) is 4.68 Å². The van der Waals surface area contributed by atoms with Crippen LogP contribution in [0.5, 0.6) is 5.75 Å². The topological polar surface area (TPSA) is 78.2 Å². The number of methoxy groups -OCH3 is 1. The van der Waals surface area contributed by atoms with Crippen molar-refractivity contribution < 1.29 is 9.53 Å². The maximum Gasteiger partial charge on any atom is 0.346 e. The lowest BCUT2D eigenvalue weighted by Crippen LogP contribution is -2.35. The highest BCUT2D eigenvalue weighted by molar-refractivity contribution is 5.76. The predicted molar refractivity (Wildman–Crippen MR) is 98.3 cm³/mol. The van der Waals surface area contributed by atoms with E-state index < -0.39 is 0 Å². The third kappa shape index (κ3) is 3.81. The van der Waals surface area contributed by atoms with Crippen molar-refractivity contribution in [3.05, 3.63) is 45.6 Å². The van der Waals surface area contributed by atoms with E-state index in [4.69, 9.17) is 4.74 Å². The van der Waals surface area contributed by atoms with E-state index in [1.54, 1.807) is 11.7 Å². The molecule has 1 amide bonds. The summed E-state index contributed by atoms with van der Waals surface area (Å²) < 4.78 is 8.36. The first-order valence-electron chi connectivity index (χ1n) is 9.10. The van der Waals surface area contributed by atoms with Crippen molar-refractivity contribution in [3.8, 4) is 5.75 Å². The van der Waals surface area contributed by atoms with Crippen molar-refractivity contribution in [2.24, 2.45) is 0 Å². The molecule has 1 aromatic carbocycles. The van der Waals surface area contributed by atoms with E-state index in [0.29, 0.717) is 6.54 Å². The molecule has 7 heteroatoms. The van der Waals surface area contributed by atoms with E-state index >= 15 is 0 Å². The molecular weight excluding hydrogens is 332 g/mol. The summed E-state index contributed by atoms with van der Waals surface area (Å²) in [6.07, 6.45) is 3.92. The van der Waals surface area contributed by atoms with Crippen LogP contribution in [-0.2, 0) is 24.3 Å². The van der Waals surface area contributed by atoms with Crippen LogP contribution in [-0.4, -0.2) is 27.4 Å². The number of hydrogen-bond acceptors (Lipinski definition) is 4. The summed E-state index contributed by atoms with van der Waals surface area (Å²) in [6.45, 7) is 4.51. The van der Waals surface area contributed by atoms with Crippen LogP contribution in [0.4, 0.5) is 0 Å². The number of carbonyl (C=O) groups is 1. The highest BCUT2D eigenvalue weighted by Gasteiger charge is 2.19. The van der Waals surface area contributed by atoms with Crippen molar-refractivity contribution in [1.82, 2.24) is 19.7 Å². The Labute approximate surface area is 153 Å². The lowest BCUT2D eigenvalue weighted by Gasteiger charge is -2.18. The molecule has 2 heterocycles. The molecule has 0 spiro atoms. The van der Waals surface area contributed by atoms with Crippen LogP contribution in [0.2, 0.25) is 0 Å². The van der Waals surface area contributed by atoms with Gasteiger partial charge >= 0.3 is 5.69 Å². The lowest BCUT2D eigenvalue weighted by atomic mass is 10.0. The van der Waals surface area contributed by atoms with Gasteiger partial charge in [0.15, 0.2) is 0 Å². The van der Waals surface area contributed by atoms with E-state index in [9.17, 15) is 9.59 Å². The van der Waals surface area contributed by atoms with Crippen LogP contribution in [0, 0.1) is 6.92 Å². The van der Waals surface area contributed by atoms with Crippen molar-refractivity contribution in [2.45, 2.75) is 58.7 Å². The number of carbonyl (C=O) groups excluding carboxylic acids is 1. The fourth-order valence-electron chi connectivity index (χ4n) is 3.42. The number of nitrogens with zero attached hydrogens (tertiary/aromatic N) is 3. The lowest BCUT2D eigenvalue weighted by molar-refractivity contribution is -0.122. The number of benzene rings is 1. The number of hydrogen-bond donors (Lipinski definition) is 1. The summed E-state index contributed by atoms with van der Waals surface area (Å²) >= 11 is 0. The van der Waals surface area contributed by atoms with Crippen LogP contribution in [0.3, 0.4) is 0 Å². The van der Waals surface area contributed by atoms with E-state index in [2.05, 4.69) is 10.4 Å². The van der Waals surface area contributed by atoms with Gasteiger partial charge in [-0.05, 0) is 32.8 Å².